The Balaban J connectivity index is 2.10. The Morgan fingerprint density at radius 2 is 2.20 bits per heavy atom. The Labute approximate surface area is 93.9 Å². The Bertz CT molecular complexity index is 395. The molecule has 1 aromatic rings. The Morgan fingerprint density at radius 3 is 2.67 bits per heavy atom. The molecule has 2 rings (SSSR count). The van der Waals surface area contributed by atoms with Gasteiger partial charge >= 0.3 is 0 Å². The summed E-state index contributed by atoms with van der Waals surface area (Å²) in [7, 11) is 0. The molecule has 0 radical (unpaired) electrons. The van der Waals surface area contributed by atoms with Crippen LogP contribution in [0.25, 0.3) is 0 Å². The summed E-state index contributed by atoms with van der Waals surface area (Å²) in [4.78, 5) is 1.11. The van der Waals surface area contributed by atoms with Crippen molar-refractivity contribution in [3.8, 4) is 6.07 Å². The number of aliphatic hydroxyl groups is 1. The van der Waals surface area contributed by atoms with Gasteiger partial charge in [-0.3, -0.25) is 0 Å². The Hall–Kier alpha value is -0.980. The maximum atomic E-state index is 9.09. The van der Waals surface area contributed by atoms with Gasteiger partial charge in [-0.05, 0) is 25.5 Å². The number of aryl methyl sites for hydroxylation is 1. The zero-order chi connectivity index (χ0) is 10.9. The van der Waals surface area contributed by atoms with Crippen molar-refractivity contribution in [1.29, 1.82) is 5.26 Å². The lowest BCUT2D eigenvalue weighted by Gasteiger charge is -2.07. The van der Waals surface area contributed by atoms with Gasteiger partial charge in [0.15, 0.2) is 0 Å². The highest BCUT2D eigenvalue weighted by Crippen LogP contribution is 2.56. The van der Waals surface area contributed by atoms with E-state index >= 15 is 0 Å². The molecular weight excluding hydrogens is 206 g/mol. The van der Waals surface area contributed by atoms with Gasteiger partial charge in [0.2, 0.25) is 0 Å². The van der Waals surface area contributed by atoms with Gasteiger partial charge in [0.25, 0.3) is 0 Å². The van der Waals surface area contributed by atoms with Crippen molar-refractivity contribution in [3.05, 3.63) is 29.8 Å². The van der Waals surface area contributed by atoms with Gasteiger partial charge in [-0.15, -0.1) is 11.8 Å². The van der Waals surface area contributed by atoms with E-state index in [2.05, 4.69) is 6.07 Å². The van der Waals surface area contributed by atoms with Crippen LogP contribution in [0, 0.1) is 24.2 Å². The molecule has 0 saturated heterocycles. The first kappa shape index (κ1) is 10.5. The molecular formula is C12H13NOS. The van der Waals surface area contributed by atoms with Gasteiger partial charge in [-0.25, -0.2) is 0 Å². The summed E-state index contributed by atoms with van der Waals surface area (Å²) in [6.07, 6.45) is 0.804. The average molecular weight is 219 g/mol. The smallest absolute Gasteiger partial charge is 0.112 e. The molecule has 1 aliphatic carbocycles. The van der Waals surface area contributed by atoms with E-state index in [1.807, 2.05) is 31.2 Å². The van der Waals surface area contributed by atoms with Crippen LogP contribution in [0.1, 0.15) is 12.0 Å². The molecule has 1 saturated carbocycles. The lowest BCUT2D eigenvalue weighted by atomic mass is 10.2. The normalized spacial score (nSPS) is 28.5. The first-order valence-electron chi connectivity index (χ1n) is 4.98. The van der Waals surface area contributed by atoms with E-state index in [1.54, 1.807) is 11.8 Å². The number of nitrogens with zero attached hydrogens (tertiary/aromatic N) is 1. The van der Waals surface area contributed by atoms with E-state index in [1.165, 1.54) is 5.56 Å². The van der Waals surface area contributed by atoms with Crippen LogP contribution in [0.4, 0.5) is 0 Å². The molecule has 2 atom stereocenters. The summed E-state index contributed by atoms with van der Waals surface area (Å²) in [6, 6.07) is 10.5. The van der Waals surface area contributed by atoms with Gasteiger partial charge in [0.05, 0.1) is 6.07 Å². The van der Waals surface area contributed by atoms with Crippen LogP contribution < -0.4 is 0 Å². The predicted molar refractivity (Wildman–Crippen MR) is 60.6 cm³/mol. The van der Waals surface area contributed by atoms with Crippen molar-refractivity contribution < 1.29 is 5.11 Å². The van der Waals surface area contributed by atoms with E-state index in [-0.39, 0.29) is 17.3 Å². The largest absolute Gasteiger partial charge is 0.396 e. The first-order valence-corrected chi connectivity index (χ1v) is 5.79. The second-order valence-corrected chi connectivity index (χ2v) is 5.40. The van der Waals surface area contributed by atoms with Crippen LogP contribution in [-0.4, -0.2) is 16.5 Å². The minimum atomic E-state index is -0.371. The molecule has 0 aromatic heterocycles. The van der Waals surface area contributed by atoms with Gasteiger partial charge in [0.1, 0.15) is 4.75 Å². The minimum absolute atomic E-state index is 0.117. The second-order valence-electron chi connectivity index (χ2n) is 4.00. The van der Waals surface area contributed by atoms with Crippen molar-refractivity contribution in [2.24, 2.45) is 5.92 Å². The molecule has 1 aromatic carbocycles. The summed E-state index contributed by atoms with van der Waals surface area (Å²) < 4.78 is -0.371. The van der Waals surface area contributed by atoms with Crippen molar-refractivity contribution in [1.82, 2.24) is 0 Å². The average Bonchev–Trinajstić information content (AvgIpc) is 2.96. The molecule has 0 aliphatic heterocycles. The van der Waals surface area contributed by atoms with E-state index in [4.69, 9.17) is 10.4 Å². The Morgan fingerprint density at radius 1 is 1.53 bits per heavy atom. The highest BCUT2D eigenvalue weighted by molar-refractivity contribution is 8.01. The summed E-state index contributed by atoms with van der Waals surface area (Å²) in [5.74, 6) is 0.147. The molecule has 78 valence electrons. The van der Waals surface area contributed by atoms with Crippen LogP contribution in [-0.2, 0) is 0 Å². The fourth-order valence-corrected chi connectivity index (χ4v) is 2.88. The Kier molecular flexibility index (Phi) is 2.72. The van der Waals surface area contributed by atoms with Gasteiger partial charge in [-0.1, -0.05) is 17.7 Å². The molecule has 2 nitrogen and oxygen atoms in total. The van der Waals surface area contributed by atoms with Crippen LogP contribution >= 0.6 is 11.8 Å². The monoisotopic (exact) mass is 219 g/mol. The molecule has 1 fully saturated rings. The number of benzene rings is 1. The number of hydrogen-bond acceptors (Lipinski definition) is 3. The lowest BCUT2D eigenvalue weighted by Crippen LogP contribution is -2.05. The maximum absolute atomic E-state index is 9.09. The van der Waals surface area contributed by atoms with Crippen molar-refractivity contribution in [3.63, 3.8) is 0 Å². The standard InChI is InChI=1S/C12H13NOS/c1-9-2-4-11(5-3-9)15-12(8-13)6-10(12)7-14/h2-5,10,14H,6-7H2,1H3. The van der Waals surface area contributed by atoms with Crippen molar-refractivity contribution in [2.45, 2.75) is 23.0 Å². The van der Waals surface area contributed by atoms with Crippen LogP contribution in [0.15, 0.2) is 29.2 Å². The summed E-state index contributed by atoms with van der Waals surface area (Å²) in [6.45, 7) is 2.16. The van der Waals surface area contributed by atoms with Crippen LogP contribution in [0.5, 0.6) is 0 Å². The summed E-state index contributed by atoms with van der Waals surface area (Å²) in [5.41, 5.74) is 1.22. The minimum Gasteiger partial charge on any atom is -0.396 e. The third-order valence-electron chi connectivity index (χ3n) is 2.78. The highest BCUT2D eigenvalue weighted by atomic mass is 32.2. The second kappa shape index (κ2) is 3.88. The fourth-order valence-electron chi connectivity index (χ4n) is 1.62. The topological polar surface area (TPSA) is 44.0 Å². The first-order chi connectivity index (χ1) is 7.20. The van der Waals surface area contributed by atoms with Crippen molar-refractivity contribution in [2.75, 3.05) is 6.61 Å². The van der Waals surface area contributed by atoms with Gasteiger partial charge < -0.3 is 5.11 Å². The quantitative estimate of drug-likeness (QED) is 0.848. The number of hydrogen-bond donors (Lipinski definition) is 1. The summed E-state index contributed by atoms with van der Waals surface area (Å²) in [5, 5.41) is 18.1. The third-order valence-corrected chi connectivity index (χ3v) is 4.24. The highest BCUT2D eigenvalue weighted by Gasteiger charge is 2.55. The van der Waals surface area contributed by atoms with Crippen LogP contribution in [0.2, 0.25) is 0 Å². The molecule has 1 N–H and O–H groups in total. The van der Waals surface area contributed by atoms with Gasteiger partial charge in [-0.2, -0.15) is 5.26 Å². The SMILES string of the molecule is Cc1ccc(SC2(C#N)CC2CO)cc1. The van der Waals surface area contributed by atoms with E-state index in [0.717, 1.165) is 11.3 Å². The van der Waals surface area contributed by atoms with Crippen LogP contribution in [0.3, 0.4) is 0 Å². The fraction of sp³-hybridized carbons (Fsp3) is 0.417. The molecule has 0 spiro atoms. The van der Waals surface area contributed by atoms with E-state index < -0.39 is 0 Å². The zero-order valence-electron chi connectivity index (χ0n) is 8.60. The molecule has 2 unspecified atom stereocenters. The predicted octanol–water partition coefficient (Wildman–Crippen LogP) is 2.36. The maximum Gasteiger partial charge on any atom is 0.112 e. The summed E-state index contributed by atoms with van der Waals surface area (Å²) >= 11 is 1.58. The van der Waals surface area contributed by atoms with E-state index in [0.29, 0.717) is 0 Å². The molecule has 0 bridgehead atoms. The zero-order valence-corrected chi connectivity index (χ0v) is 9.42. The molecule has 0 amide bonds. The molecule has 1 aliphatic rings. The number of aliphatic hydroxyl groups excluding tert-OH is 1. The molecule has 3 heteroatoms. The number of thioether (sulfide) groups is 1. The van der Waals surface area contributed by atoms with Crippen molar-refractivity contribution >= 4 is 11.8 Å². The third kappa shape index (κ3) is 2.01. The number of nitriles is 1. The lowest BCUT2D eigenvalue weighted by molar-refractivity contribution is 0.275. The molecule has 15 heavy (non-hydrogen) atoms. The van der Waals surface area contributed by atoms with Gasteiger partial charge in [0, 0.05) is 17.4 Å². The molecule has 0 heterocycles. The number of rotatable bonds is 3. The van der Waals surface area contributed by atoms with E-state index in [9.17, 15) is 0 Å².